The molecule has 2 atom stereocenters. The molecule has 0 aromatic heterocycles. The minimum absolute atomic E-state index is 0.0499. The number of unbranched alkanes of at least 4 members (excludes halogenated alkanes) is 17. The Morgan fingerprint density at radius 3 is 1.62 bits per heavy atom. The molecule has 0 aliphatic carbocycles. The van der Waals surface area contributed by atoms with Crippen LogP contribution in [0.4, 0.5) is 0 Å². The van der Waals surface area contributed by atoms with E-state index < -0.39 is 12.1 Å². The zero-order chi connectivity index (χ0) is 25.1. The van der Waals surface area contributed by atoms with E-state index in [1.807, 2.05) is 0 Å². The number of aliphatic hydroxyl groups excluding tert-OH is 2. The van der Waals surface area contributed by atoms with Crippen molar-refractivity contribution >= 4 is 5.91 Å². The van der Waals surface area contributed by atoms with Crippen LogP contribution in [0.5, 0.6) is 0 Å². The number of amides is 1. The van der Waals surface area contributed by atoms with Crippen LogP contribution in [0.15, 0.2) is 12.2 Å². The Labute approximate surface area is 212 Å². The maximum Gasteiger partial charge on any atom is 0.220 e. The van der Waals surface area contributed by atoms with Crippen molar-refractivity contribution in [3.05, 3.63) is 12.2 Å². The Hall–Kier alpha value is -0.870. The maximum atomic E-state index is 12.1. The molecule has 4 nitrogen and oxygen atoms in total. The van der Waals surface area contributed by atoms with Gasteiger partial charge in [0, 0.05) is 6.42 Å². The zero-order valence-electron chi connectivity index (χ0n) is 22.9. The van der Waals surface area contributed by atoms with Crippen LogP contribution in [0.2, 0.25) is 0 Å². The van der Waals surface area contributed by atoms with Crippen molar-refractivity contribution in [2.75, 3.05) is 6.61 Å². The fraction of sp³-hybridized carbons (Fsp3) is 0.900. The highest BCUT2D eigenvalue weighted by Crippen LogP contribution is 2.12. The molecule has 0 heterocycles. The average Bonchev–Trinajstić information content (AvgIpc) is 2.84. The zero-order valence-corrected chi connectivity index (χ0v) is 22.9. The summed E-state index contributed by atoms with van der Waals surface area (Å²) in [5.74, 6) is -0.0499. The van der Waals surface area contributed by atoms with E-state index in [0.29, 0.717) is 12.8 Å². The van der Waals surface area contributed by atoms with Gasteiger partial charge in [-0.05, 0) is 38.5 Å². The largest absolute Gasteiger partial charge is 0.394 e. The lowest BCUT2D eigenvalue weighted by molar-refractivity contribution is -0.123. The number of nitrogens with one attached hydrogen (secondary N) is 1. The third kappa shape index (κ3) is 22.9. The summed E-state index contributed by atoms with van der Waals surface area (Å²) in [7, 11) is 0. The second kappa shape index (κ2) is 26.7. The minimum Gasteiger partial charge on any atom is -0.394 e. The number of rotatable bonds is 26. The Bertz CT molecular complexity index is 452. The molecule has 0 rings (SSSR count). The first-order chi connectivity index (χ1) is 16.7. The van der Waals surface area contributed by atoms with Gasteiger partial charge >= 0.3 is 0 Å². The Morgan fingerprint density at radius 2 is 1.12 bits per heavy atom. The van der Waals surface area contributed by atoms with Gasteiger partial charge in [0.1, 0.15) is 0 Å². The van der Waals surface area contributed by atoms with E-state index in [4.69, 9.17) is 0 Å². The summed E-state index contributed by atoms with van der Waals surface area (Å²) in [5.41, 5.74) is 0. The van der Waals surface area contributed by atoms with Crippen LogP contribution in [-0.2, 0) is 4.79 Å². The van der Waals surface area contributed by atoms with Gasteiger partial charge in [-0.2, -0.15) is 0 Å². The van der Waals surface area contributed by atoms with Crippen molar-refractivity contribution in [1.82, 2.24) is 5.32 Å². The lowest BCUT2D eigenvalue weighted by Gasteiger charge is -2.22. The van der Waals surface area contributed by atoms with Crippen molar-refractivity contribution in [2.45, 2.75) is 167 Å². The van der Waals surface area contributed by atoms with Gasteiger partial charge in [0.2, 0.25) is 5.91 Å². The summed E-state index contributed by atoms with van der Waals surface area (Å²) in [6.45, 7) is 4.28. The molecule has 0 spiro atoms. The lowest BCUT2D eigenvalue weighted by Crippen LogP contribution is -2.45. The summed E-state index contributed by atoms with van der Waals surface area (Å²) in [6.07, 6.45) is 29.8. The fourth-order valence-corrected chi connectivity index (χ4v) is 4.41. The Kier molecular flexibility index (Phi) is 26.0. The van der Waals surface area contributed by atoms with E-state index in [9.17, 15) is 15.0 Å². The molecule has 34 heavy (non-hydrogen) atoms. The normalized spacial score (nSPS) is 13.4. The second-order valence-corrected chi connectivity index (χ2v) is 10.2. The van der Waals surface area contributed by atoms with Crippen LogP contribution in [0.3, 0.4) is 0 Å². The minimum atomic E-state index is -0.672. The molecule has 0 saturated carbocycles. The molecule has 1 amide bonds. The summed E-state index contributed by atoms with van der Waals surface area (Å²) >= 11 is 0. The predicted octanol–water partition coefficient (Wildman–Crippen LogP) is 8.00. The molecule has 0 unspecified atom stereocenters. The highest BCUT2D eigenvalue weighted by Gasteiger charge is 2.19. The van der Waals surface area contributed by atoms with Gasteiger partial charge in [-0.3, -0.25) is 4.79 Å². The second-order valence-electron chi connectivity index (χ2n) is 10.2. The van der Waals surface area contributed by atoms with Gasteiger partial charge in [-0.15, -0.1) is 0 Å². The van der Waals surface area contributed by atoms with Gasteiger partial charge in [0.15, 0.2) is 0 Å². The number of carbonyl (C=O) groups excluding carboxylic acids is 1. The molecule has 0 bridgehead atoms. The molecule has 0 aliphatic rings. The van der Waals surface area contributed by atoms with Crippen molar-refractivity contribution in [1.29, 1.82) is 0 Å². The van der Waals surface area contributed by atoms with E-state index in [0.717, 1.165) is 32.1 Å². The van der Waals surface area contributed by atoms with Crippen LogP contribution in [0, 0.1) is 0 Å². The molecule has 0 aliphatic heterocycles. The standard InChI is InChI=1S/C30H59NO3/c1-3-5-7-9-11-12-13-14-15-16-17-18-20-21-23-25-29(33)28(27-32)31-30(34)26-24-22-19-10-8-6-4-2/h17-18,28-29,32-33H,3-16,19-27H2,1-2H3,(H,31,34)/b18-17+/t28-,29+/m0/s1. The molecular formula is C30H59NO3. The first-order valence-electron chi connectivity index (χ1n) is 14.9. The lowest BCUT2D eigenvalue weighted by atomic mass is 10.0. The van der Waals surface area contributed by atoms with Gasteiger partial charge in [0.25, 0.3) is 0 Å². The number of allylic oxidation sites excluding steroid dienone is 2. The van der Waals surface area contributed by atoms with Gasteiger partial charge in [-0.25, -0.2) is 0 Å². The quantitative estimate of drug-likeness (QED) is 0.0865. The first-order valence-corrected chi connectivity index (χ1v) is 14.9. The predicted molar refractivity (Wildman–Crippen MR) is 147 cm³/mol. The van der Waals surface area contributed by atoms with E-state index >= 15 is 0 Å². The highest BCUT2D eigenvalue weighted by atomic mass is 16.3. The summed E-state index contributed by atoms with van der Waals surface area (Å²) in [4.78, 5) is 12.1. The number of aliphatic hydroxyl groups is 2. The van der Waals surface area contributed by atoms with E-state index in [-0.39, 0.29) is 12.5 Å². The SMILES string of the molecule is CCCCCCCCCCC/C=C/CCCC[C@@H](O)[C@H](CO)NC(=O)CCCCCCCCC. The fourth-order valence-electron chi connectivity index (χ4n) is 4.41. The monoisotopic (exact) mass is 481 g/mol. The third-order valence-corrected chi connectivity index (χ3v) is 6.78. The number of hydrogen-bond acceptors (Lipinski definition) is 3. The molecule has 0 radical (unpaired) electrons. The van der Waals surface area contributed by atoms with Gasteiger partial charge in [0.05, 0.1) is 18.8 Å². The molecule has 3 N–H and O–H groups in total. The first kappa shape index (κ1) is 33.1. The Morgan fingerprint density at radius 1 is 0.676 bits per heavy atom. The van der Waals surface area contributed by atoms with Crippen molar-refractivity contribution in [2.24, 2.45) is 0 Å². The Balaban J connectivity index is 3.63. The van der Waals surface area contributed by atoms with Crippen molar-refractivity contribution in [3.63, 3.8) is 0 Å². The van der Waals surface area contributed by atoms with Crippen LogP contribution < -0.4 is 5.32 Å². The number of carbonyl (C=O) groups is 1. The van der Waals surface area contributed by atoms with Crippen LogP contribution in [0.1, 0.15) is 155 Å². The molecule has 0 aromatic rings. The summed E-state index contributed by atoms with van der Waals surface area (Å²) < 4.78 is 0. The van der Waals surface area contributed by atoms with E-state index in [1.54, 1.807) is 0 Å². The van der Waals surface area contributed by atoms with E-state index in [2.05, 4.69) is 31.3 Å². The molecule has 0 saturated heterocycles. The van der Waals surface area contributed by atoms with E-state index in [1.165, 1.54) is 96.3 Å². The van der Waals surface area contributed by atoms with Crippen LogP contribution in [-0.4, -0.2) is 34.9 Å². The van der Waals surface area contributed by atoms with Crippen LogP contribution in [0.25, 0.3) is 0 Å². The molecule has 0 fully saturated rings. The topological polar surface area (TPSA) is 69.6 Å². The average molecular weight is 482 g/mol. The maximum absolute atomic E-state index is 12.1. The summed E-state index contributed by atoms with van der Waals surface area (Å²) in [6, 6.07) is -0.542. The molecular weight excluding hydrogens is 422 g/mol. The van der Waals surface area contributed by atoms with Gasteiger partial charge in [-0.1, -0.05) is 122 Å². The summed E-state index contributed by atoms with van der Waals surface area (Å²) in [5, 5.41) is 22.8. The van der Waals surface area contributed by atoms with Crippen molar-refractivity contribution in [3.8, 4) is 0 Å². The van der Waals surface area contributed by atoms with Gasteiger partial charge < -0.3 is 15.5 Å². The smallest absolute Gasteiger partial charge is 0.220 e. The number of hydrogen-bond donors (Lipinski definition) is 3. The third-order valence-electron chi connectivity index (χ3n) is 6.78. The molecule has 0 aromatic carbocycles. The van der Waals surface area contributed by atoms with Crippen molar-refractivity contribution < 1.29 is 15.0 Å². The molecule has 202 valence electrons. The molecule has 4 heteroatoms. The highest BCUT2D eigenvalue weighted by molar-refractivity contribution is 5.76. The van der Waals surface area contributed by atoms with Crippen LogP contribution >= 0.6 is 0 Å².